The molecule has 31 heavy (non-hydrogen) atoms. The van der Waals surface area contributed by atoms with Crippen LogP contribution in [0.3, 0.4) is 0 Å². The van der Waals surface area contributed by atoms with Crippen LogP contribution in [0, 0.1) is 5.82 Å². The Hall–Kier alpha value is -2.59. The summed E-state index contributed by atoms with van der Waals surface area (Å²) in [7, 11) is -2.19. The highest BCUT2D eigenvalue weighted by Gasteiger charge is 2.32. The van der Waals surface area contributed by atoms with Crippen molar-refractivity contribution in [2.24, 2.45) is 0 Å². The molecule has 10 heteroatoms. The third-order valence-electron chi connectivity index (χ3n) is 5.59. The number of hydrogen-bond acceptors (Lipinski definition) is 4. The number of piperidine rings is 1. The van der Waals surface area contributed by atoms with Gasteiger partial charge in [-0.3, -0.25) is 0 Å². The van der Waals surface area contributed by atoms with Crippen molar-refractivity contribution in [3.8, 4) is 0 Å². The second-order valence-electron chi connectivity index (χ2n) is 7.78. The molecule has 1 aromatic heterocycles. The number of nitrogens with one attached hydrogen (secondary N) is 2. The monoisotopic (exact) mass is 455 g/mol. The SMILES string of the molecule is CN1CCC(Nc2cc(S(=O)(=O)c3c[nH]c4ccc(C(F)(F)F)cc34)ccc2F)CC1. The van der Waals surface area contributed by atoms with Gasteiger partial charge in [0.1, 0.15) is 5.82 Å². The van der Waals surface area contributed by atoms with Crippen LogP contribution in [0.15, 0.2) is 52.4 Å². The number of rotatable bonds is 4. The fourth-order valence-electron chi connectivity index (χ4n) is 3.78. The van der Waals surface area contributed by atoms with E-state index in [0.717, 1.165) is 56.4 Å². The lowest BCUT2D eigenvalue weighted by Gasteiger charge is -2.30. The van der Waals surface area contributed by atoms with E-state index < -0.39 is 27.4 Å². The van der Waals surface area contributed by atoms with Gasteiger partial charge in [0.2, 0.25) is 9.84 Å². The minimum absolute atomic E-state index is 0.00564. The highest BCUT2D eigenvalue weighted by Crippen LogP contribution is 2.35. The van der Waals surface area contributed by atoms with E-state index in [4.69, 9.17) is 0 Å². The lowest BCUT2D eigenvalue weighted by atomic mass is 10.1. The Morgan fingerprint density at radius 1 is 1.10 bits per heavy atom. The summed E-state index contributed by atoms with van der Waals surface area (Å²) in [5.41, 5.74) is -0.621. The van der Waals surface area contributed by atoms with Gasteiger partial charge < -0.3 is 15.2 Å². The first-order valence-electron chi connectivity index (χ1n) is 9.74. The molecule has 0 atom stereocenters. The van der Waals surface area contributed by atoms with Gasteiger partial charge in [0.05, 0.1) is 21.0 Å². The summed E-state index contributed by atoms with van der Waals surface area (Å²) in [5.74, 6) is -0.587. The van der Waals surface area contributed by atoms with Crippen LogP contribution in [0.5, 0.6) is 0 Å². The normalized spacial score (nSPS) is 16.7. The number of anilines is 1. The Labute approximate surface area is 177 Å². The maximum Gasteiger partial charge on any atom is 0.416 e. The van der Waals surface area contributed by atoms with Crippen molar-refractivity contribution in [2.45, 2.75) is 34.9 Å². The van der Waals surface area contributed by atoms with Crippen LogP contribution < -0.4 is 5.32 Å². The summed E-state index contributed by atoms with van der Waals surface area (Å²) in [6.07, 6.45) is -1.87. The molecule has 0 unspecified atom stereocenters. The molecule has 3 aromatic rings. The average Bonchev–Trinajstić information content (AvgIpc) is 3.14. The fourth-order valence-corrected chi connectivity index (χ4v) is 5.22. The number of likely N-dealkylation sites (tertiary alicyclic amines) is 1. The molecule has 2 heterocycles. The van der Waals surface area contributed by atoms with Gasteiger partial charge in [0.25, 0.3) is 0 Å². The Morgan fingerprint density at radius 2 is 1.81 bits per heavy atom. The van der Waals surface area contributed by atoms with E-state index in [-0.39, 0.29) is 32.4 Å². The molecular weight excluding hydrogens is 434 g/mol. The van der Waals surface area contributed by atoms with Gasteiger partial charge in [-0.1, -0.05) is 0 Å². The third-order valence-corrected chi connectivity index (χ3v) is 7.38. The number of H-pyrrole nitrogens is 1. The van der Waals surface area contributed by atoms with Crippen molar-refractivity contribution in [1.82, 2.24) is 9.88 Å². The molecule has 1 saturated heterocycles. The number of aromatic amines is 1. The predicted molar refractivity (Wildman–Crippen MR) is 109 cm³/mol. The van der Waals surface area contributed by atoms with Gasteiger partial charge in [-0.25, -0.2) is 12.8 Å². The van der Waals surface area contributed by atoms with E-state index in [0.29, 0.717) is 0 Å². The van der Waals surface area contributed by atoms with Gasteiger partial charge >= 0.3 is 6.18 Å². The number of fused-ring (bicyclic) bond motifs is 1. The highest BCUT2D eigenvalue weighted by molar-refractivity contribution is 7.91. The quantitative estimate of drug-likeness (QED) is 0.444. The molecule has 0 saturated carbocycles. The summed E-state index contributed by atoms with van der Waals surface area (Å²) in [5, 5.41) is 3.01. The Kier molecular flexibility index (Phi) is 5.47. The zero-order chi connectivity index (χ0) is 22.4. The zero-order valence-corrected chi connectivity index (χ0v) is 17.4. The van der Waals surface area contributed by atoms with Crippen molar-refractivity contribution in [2.75, 3.05) is 25.5 Å². The Balaban J connectivity index is 1.71. The average molecular weight is 455 g/mol. The second-order valence-corrected chi connectivity index (χ2v) is 9.70. The molecule has 1 aliphatic heterocycles. The van der Waals surface area contributed by atoms with E-state index >= 15 is 0 Å². The molecule has 1 aliphatic rings. The number of sulfone groups is 1. The summed E-state index contributed by atoms with van der Waals surface area (Å²) >= 11 is 0. The molecular formula is C21H21F4N3O2S. The highest BCUT2D eigenvalue weighted by atomic mass is 32.2. The van der Waals surface area contributed by atoms with Crippen LogP contribution in [0.1, 0.15) is 18.4 Å². The molecule has 2 aromatic carbocycles. The topological polar surface area (TPSA) is 65.2 Å². The largest absolute Gasteiger partial charge is 0.416 e. The first kappa shape index (κ1) is 21.6. The maximum absolute atomic E-state index is 14.4. The summed E-state index contributed by atoms with van der Waals surface area (Å²) < 4.78 is 80.1. The number of benzene rings is 2. The van der Waals surface area contributed by atoms with Gasteiger partial charge in [0.15, 0.2) is 0 Å². The molecule has 0 radical (unpaired) electrons. The van der Waals surface area contributed by atoms with E-state index in [1.54, 1.807) is 0 Å². The lowest BCUT2D eigenvalue weighted by Crippen LogP contribution is -2.36. The molecule has 4 rings (SSSR count). The van der Waals surface area contributed by atoms with Crippen LogP contribution in [-0.4, -0.2) is 44.5 Å². The summed E-state index contributed by atoms with van der Waals surface area (Å²) in [6.45, 7) is 1.68. The molecule has 166 valence electrons. The van der Waals surface area contributed by atoms with E-state index in [1.807, 2.05) is 7.05 Å². The van der Waals surface area contributed by atoms with E-state index in [9.17, 15) is 26.0 Å². The van der Waals surface area contributed by atoms with E-state index in [2.05, 4.69) is 15.2 Å². The molecule has 1 fully saturated rings. The van der Waals surface area contributed by atoms with Crippen molar-refractivity contribution < 1.29 is 26.0 Å². The van der Waals surface area contributed by atoms with Crippen LogP contribution in [0.25, 0.3) is 10.9 Å². The Morgan fingerprint density at radius 3 is 2.48 bits per heavy atom. The third kappa shape index (κ3) is 4.27. The van der Waals surface area contributed by atoms with Crippen molar-refractivity contribution in [3.63, 3.8) is 0 Å². The maximum atomic E-state index is 14.4. The Bertz CT molecular complexity index is 1210. The van der Waals surface area contributed by atoms with Gasteiger partial charge in [-0.2, -0.15) is 13.2 Å². The molecule has 5 nitrogen and oxygen atoms in total. The van der Waals surface area contributed by atoms with Crippen LogP contribution in [0.2, 0.25) is 0 Å². The molecule has 0 amide bonds. The standard InChI is InChI=1S/C21H21F4N3O2S/c1-28-8-6-14(7-9-28)27-19-11-15(3-4-17(19)22)31(29,30)20-12-26-18-5-2-13(10-16(18)20)21(23,24)25/h2-5,10-12,14,26-27H,6-9H2,1H3. The predicted octanol–water partition coefficient (Wildman–Crippen LogP) is 4.66. The van der Waals surface area contributed by atoms with E-state index in [1.165, 1.54) is 12.1 Å². The van der Waals surface area contributed by atoms with Gasteiger partial charge in [-0.15, -0.1) is 0 Å². The first-order chi connectivity index (χ1) is 14.6. The molecule has 2 N–H and O–H groups in total. The number of hydrogen-bond donors (Lipinski definition) is 2. The number of aromatic nitrogens is 1. The number of alkyl halides is 3. The van der Waals surface area contributed by atoms with Crippen molar-refractivity contribution in [3.05, 3.63) is 54.0 Å². The summed E-state index contributed by atoms with van der Waals surface area (Å²) in [6, 6.07) is 6.27. The minimum atomic E-state index is -4.60. The fraction of sp³-hybridized carbons (Fsp3) is 0.333. The van der Waals surface area contributed by atoms with Crippen LogP contribution in [-0.2, 0) is 16.0 Å². The summed E-state index contributed by atoms with van der Waals surface area (Å²) in [4.78, 5) is 4.37. The van der Waals surface area contributed by atoms with Gasteiger partial charge in [0, 0.05) is 23.1 Å². The second kappa shape index (κ2) is 7.83. The molecule has 0 aliphatic carbocycles. The van der Waals surface area contributed by atoms with Crippen LogP contribution >= 0.6 is 0 Å². The van der Waals surface area contributed by atoms with Gasteiger partial charge in [-0.05, 0) is 69.4 Å². The number of halogens is 4. The molecule has 0 bridgehead atoms. The lowest BCUT2D eigenvalue weighted by molar-refractivity contribution is -0.137. The first-order valence-corrected chi connectivity index (χ1v) is 11.2. The zero-order valence-electron chi connectivity index (χ0n) is 16.6. The smallest absolute Gasteiger partial charge is 0.380 e. The van der Waals surface area contributed by atoms with Crippen LogP contribution in [0.4, 0.5) is 23.2 Å². The van der Waals surface area contributed by atoms with Crippen molar-refractivity contribution in [1.29, 1.82) is 0 Å². The number of nitrogens with zero attached hydrogens (tertiary/aromatic N) is 1. The van der Waals surface area contributed by atoms with Crippen molar-refractivity contribution >= 4 is 26.4 Å². The molecule has 0 spiro atoms. The minimum Gasteiger partial charge on any atom is -0.380 e.